The van der Waals surface area contributed by atoms with Crippen molar-refractivity contribution < 1.29 is 9.90 Å². The molecule has 0 radical (unpaired) electrons. The molecule has 1 saturated heterocycles. The quantitative estimate of drug-likeness (QED) is 0.897. The molecule has 7 nitrogen and oxygen atoms in total. The number of pyridine rings is 1. The number of hydrogen-bond donors (Lipinski definition) is 1. The normalized spacial score (nSPS) is 20.1. The van der Waals surface area contributed by atoms with Gasteiger partial charge < -0.3 is 14.9 Å². The van der Waals surface area contributed by atoms with Gasteiger partial charge in [-0.15, -0.1) is 0 Å². The molecule has 0 bridgehead atoms. The van der Waals surface area contributed by atoms with Crippen molar-refractivity contribution in [2.24, 2.45) is 0 Å². The Morgan fingerprint density at radius 2 is 2.08 bits per heavy atom. The van der Waals surface area contributed by atoms with Crippen LogP contribution < -0.4 is 4.90 Å². The molecule has 138 valence electrons. The molecule has 2 aromatic heterocycles. The predicted octanol–water partition coefficient (Wildman–Crippen LogP) is 1.59. The van der Waals surface area contributed by atoms with Crippen LogP contribution in [0.15, 0.2) is 30.7 Å². The van der Waals surface area contributed by atoms with Crippen LogP contribution in [0.2, 0.25) is 0 Å². The number of rotatable bonds is 4. The third kappa shape index (κ3) is 4.16. The molecule has 0 aliphatic carbocycles. The van der Waals surface area contributed by atoms with Gasteiger partial charge >= 0.3 is 0 Å². The molecule has 0 aromatic carbocycles. The molecule has 1 amide bonds. The molecule has 3 rings (SSSR count). The summed E-state index contributed by atoms with van der Waals surface area (Å²) in [6.45, 7) is 5.33. The minimum Gasteiger partial charge on any atom is -0.386 e. The Kier molecular flexibility index (Phi) is 5.18. The molecule has 1 aliphatic heterocycles. The number of aromatic nitrogens is 3. The van der Waals surface area contributed by atoms with Crippen molar-refractivity contribution in [2.75, 3.05) is 31.6 Å². The number of anilines is 1. The molecule has 2 aromatic rings. The van der Waals surface area contributed by atoms with Crippen LogP contribution >= 0.6 is 0 Å². The lowest BCUT2D eigenvalue weighted by molar-refractivity contribution is -0.000152. The predicted molar refractivity (Wildman–Crippen MR) is 99.1 cm³/mol. The second kappa shape index (κ2) is 7.37. The molecule has 0 spiro atoms. The number of carbonyl (C=O) groups excluding carboxylic acids is 1. The Balaban J connectivity index is 1.69. The summed E-state index contributed by atoms with van der Waals surface area (Å²) in [7, 11) is 1.72. The van der Waals surface area contributed by atoms with Gasteiger partial charge in [0.2, 0.25) is 0 Å². The SMILES string of the molecule is Cc1ccc(C(=O)N(C)C[C@]2(O)CCCN(c3cc(C)ncn3)C2)cn1. The standard InChI is InChI=1S/C19H25N5O2/c1-14-5-6-16(10-20-14)18(25)23(3)11-19(26)7-4-8-24(12-19)17-9-15(2)21-13-22-17/h5-6,9-10,13,26H,4,7-8,11-12H2,1-3H3/t19-/m1/s1. The van der Waals surface area contributed by atoms with E-state index < -0.39 is 5.60 Å². The smallest absolute Gasteiger partial charge is 0.255 e. The van der Waals surface area contributed by atoms with E-state index in [0.717, 1.165) is 30.2 Å². The van der Waals surface area contributed by atoms with Crippen LogP contribution in [0.4, 0.5) is 5.82 Å². The Hall–Kier alpha value is -2.54. The van der Waals surface area contributed by atoms with E-state index in [1.54, 1.807) is 30.5 Å². The highest BCUT2D eigenvalue weighted by molar-refractivity contribution is 5.93. The molecule has 26 heavy (non-hydrogen) atoms. The largest absolute Gasteiger partial charge is 0.386 e. The lowest BCUT2D eigenvalue weighted by Gasteiger charge is -2.41. The Morgan fingerprint density at radius 3 is 2.77 bits per heavy atom. The van der Waals surface area contributed by atoms with E-state index in [1.807, 2.05) is 26.0 Å². The maximum Gasteiger partial charge on any atom is 0.255 e. The number of nitrogens with zero attached hydrogens (tertiary/aromatic N) is 5. The summed E-state index contributed by atoms with van der Waals surface area (Å²) >= 11 is 0. The van der Waals surface area contributed by atoms with Gasteiger partial charge in [0.05, 0.1) is 17.7 Å². The highest BCUT2D eigenvalue weighted by Crippen LogP contribution is 2.26. The van der Waals surface area contributed by atoms with Crippen LogP contribution in [0.1, 0.15) is 34.6 Å². The first-order valence-electron chi connectivity index (χ1n) is 8.80. The lowest BCUT2D eigenvalue weighted by atomic mass is 9.92. The topological polar surface area (TPSA) is 82.5 Å². The third-order valence-electron chi connectivity index (χ3n) is 4.71. The summed E-state index contributed by atoms with van der Waals surface area (Å²) in [6, 6.07) is 5.50. The van der Waals surface area contributed by atoms with E-state index in [0.29, 0.717) is 18.5 Å². The first-order chi connectivity index (χ1) is 12.4. The van der Waals surface area contributed by atoms with Gasteiger partial charge in [-0.3, -0.25) is 9.78 Å². The van der Waals surface area contributed by atoms with Gasteiger partial charge in [-0.1, -0.05) is 0 Å². The van der Waals surface area contributed by atoms with Gasteiger partial charge in [-0.2, -0.15) is 0 Å². The fraction of sp³-hybridized carbons (Fsp3) is 0.474. The number of likely N-dealkylation sites (N-methyl/N-ethyl adjacent to an activating group) is 1. The average molecular weight is 355 g/mol. The molecule has 1 fully saturated rings. The van der Waals surface area contributed by atoms with Crippen molar-refractivity contribution in [1.82, 2.24) is 19.9 Å². The van der Waals surface area contributed by atoms with Crippen LogP contribution in [0.25, 0.3) is 0 Å². The summed E-state index contributed by atoms with van der Waals surface area (Å²) in [5, 5.41) is 11.1. The summed E-state index contributed by atoms with van der Waals surface area (Å²) in [5.74, 6) is 0.674. The number of amides is 1. The van der Waals surface area contributed by atoms with Crippen LogP contribution in [-0.4, -0.2) is 63.1 Å². The van der Waals surface area contributed by atoms with E-state index >= 15 is 0 Å². The number of aliphatic hydroxyl groups is 1. The van der Waals surface area contributed by atoms with E-state index in [1.165, 1.54) is 0 Å². The highest BCUT2D eigenvalue weighted by atomic mass is 16.3. The first-order valence-corrected chi connectivity index (χ1v) is 8.80. The second-order valence-corrected chi connectivity index (χ2v) is 7.12. The molecule has 1 aliphatic rings. The lowest BCUT2D eigenvalue weighted by Crippen LogP contribution is -2.54. The number of β-amino-alcohol motifs (C(OH)–C–C–N with tert-alkyl or cyclic N) is 1. The third-order valence-corrected chi connectivity index (χ3v) is 4.71. The van der Waals surface area contributed by atoms with E-state index in [2.05, 4.69) is 19.9 Å². The first kappa shape index (κ1) is 18.3. The fourth-order valence-corrected chi connectivity index (χ4v) is 3.38. The zero-order valence-corrected chi connectivity index (χ0v) is 15.5. The van der Waals surface area contributed by atoms with Gasteiger partial charge in [0, 0.05) is 43.8 Å². The fourth-order valence-electron chi connectivity index (χ4n) is 3.38. The van der Waals surface area contributed by atoms with Crippen molar-refractivity contribution >= 4 is 11.7 Å². The number of piperidine rings is 1. The zero-order chi connectivity index (χ0) is 18.7. The molecular weight excluding hydrogens is 330 g/mol. The minimum atomic E-state index is -0.973. The monoisotopic (exact) mass is 355 g/mol. The molecule has 1 atom stereocenters. The summed E-state index contributed by atoms with van der Waals surface area (Å²) in [5.41, 5.74) is 1.31. The summed E-state index contributed by atoms with van der Waals surface area (Å²) in [6.07, 6.45) is 4.61. The summed E-state index contributed by atoms with van der Waals surface area (Å²) in [4.78, 5) is 28.8. The minimum absolute atomic E-state index is 0.138. The molecule has 3 heterocycles. The highest BCUT2D eigenvalue weighted by Gasteiger charge is 2.36. The van der Waals surface area contributed by atoms with E-state index in [-0.39, 0.29) is 12.5 Å². The number of aryl methyl sites for hydroxylation is 2. The van der Waals surface area contributed by atoms with Gasteiger partial charge in [0.15, 0.2) is 0 Å². The molecular formula is C19H25N5O2. The van der Waals surface area contributed by atoms with Crippen molar-refractivity contribution in [3.63, 3.8) is 0 Å². The number of hydrogen-bond acceptors (Lipinski definition) is 6. The Bertz CT molecular complexity index is 780. The molecule has 0 saturated carbocycles. The van der Waals surface area contributed by atoms with E-state index in [4.69, 9.17) is 0 Å². The molecule has 0 unspecified atom stereocenters. The van der Waals surface area contributed by atoms with Gasteiger partial charge in [0.25, 0.3) is 5.91 Å². The Morgan fingerprint density at radius 1 is 1.27 bits per heavy atom. The zero-order valence-electron chi connectivity index (χ0n) is 15.5. The van der Waals surface area contributed by atoms with Gasteiger partial charge in [-0.05, 0) is 38.8 Å². The number of carbonyl (C=O) groups is 1. The van der Waals surface area contributed by atoms with Crippen molar-refractivity contribution in [3.05, 3.63) is 47.7 Å². The van der Waals surface area contributed by atoms with Crippen LogP contribution in [0, 0.1) is 13.8 Å². The second-order valence-electron chi connectivity index (χ2n) is 7.12. The van der Waals surface area contributed by atoms with Crippen molar-refractivity contribution in [2.45, 2.75) is 32.3 Å². The Labute approximate surface area is 153 Å². The summed E-state index contributed by atoms with van der Waals surface area (Å²) < 4.78 is 0. The van der Waals surface area contributed by atoms with Crippen LogP contribution in [0.5, 0.6) is 0 Å². The average Bonchev–Trinajstić information content (AvgIpc) is 2.61. The van der Waals surface area contributed by atoms with Crippen molar-refractivity contribution in [1.29, 1.82) is 0 Å². The van der Waals surface area contributed by atoms with Gasteiger partial charge in [-0.25, -0.2) is 9.97 Å². The van der Waals surface area contributed by atoms with Gasteiger partial charge in [0.1, 0.15) is 12.1 Å². The van der Waals surface area contributed by atoms with Crippen LogP contribution in [0.3, 0.4) is 0 Å². The molecule has 7 heteroatoms. The van der Waals surface area contributed by atoms with E-state index in [9.17, 15) is 9.90 Å². The maximum atomic E-state index is 12.6. The van der Waals surface area contributed by atoms with Crippen LogP contribution in [-0.2, 0) is 0 Å². The molecule has 1 N–H and O–H groups in total. The van der Waals surface area contributed by atoms with Crippen molar-refractivity contribution in [3.8, 4) is 0 Å². The maximum absolute atomic E-state index is 12.6.